The number of nitrogens with one attached hydrogen (secondary N) is 2. The lowest BCUT2D eigenvalue weighted by Gasteiger charge is -2.29. The van der Waals surface area contributed by atoms with Gasteiger partial charge in [-0.2, -0.15) is 0 Å². The van der Waals surface area contributed by atoms with Crippen LogP contribution >= 0.6 is 24.0 Å². The Morgan fingerprint density at radius 2 is 1.90 bits per heavy atom. The fourth-order valence-corrected chi connectivity index (χ4v) is 4.20. The van der Waals surface area contributed by atoms with Gasteiger partial charge < -0.3 is 20.1 Å². The van der Waals surface area contributed by atoms with Gasteiger partial charge in [-0.25, -0.2) is 0 Å². The van der Waals surface area contributed by atoms with E-state index in [1.165, 1.54) is 5.56 Å². The fourth-order valence-electron chi connectivity index (χ4n) is 4.20. The van der Waals surface area contributed by atoms with Crippen LogP contribution in [0, 0.1) is 11.8 Å². The van der Waals surface area contributed by atoms with Gasteiger partial charge in [0.05, 0.1) is 18.6 Å². The first-order valence-electron chi connectivity index (χ1n) is 10.5. The molecular weight excluding hydrogens is 481 g/mol. The van der Waals surface area contributed by atoms with Crippen molar-refractivity contribution in [2.45, 2.75) is 51.2 Å². The van der Waals surface area contributed by atoms with Crippen molar-refractivity contribution in [1.82, 2.24) is 10.6 Å². The summed E-state index contributed by atoms with van der Waals surface area (Å²) in [5.41, 5.74) is 1.24. The summed E-state index contributed by atoms with van der Waals surface area (Å²) in [5, 5.41) is 7.00. The SMILES string of the molecule is CCOC(=O)C1CCC(NC(=NC)NCC2CCOC2c2ccccc2)CC1.I. The molecule has 29 heavy (non-hydrogen) atoms. The predicted molar refractivity (Wildman–Crippen MR) is 126 cm³/mol. The van der Waals surface area contributed by atoms with Gasteiger partial charge in [-0.3, -0.25) is 9.79 Å². The Morgan fingerprint density at radius 3 is 2.55 bits per heavy atom. The number of benzene rings is 1. The summed E-state index contributed by atoms with van der Waals surface area (Å²) >= 11 is 0. The second kappa shape index (κ2) is 12.4. The molecule has 0 spiro atoms. The summed E-state index contributed by atoms with van der Waals surface area (Å²) in [6.07, 6.45) is 4.87. The van der Waals surface area contributed by atoms with Crippen molar-refractivity contribution in [3.63, 3.8) is 0 Å². The van der Waals surface area contributed by atoms with Crippen LogP contribution in [0.2, 0.25) is 0 Å². The number of hydrogen-bond donors (Lipinski definition) is 2. The number of guanidine groups is 1. The number of carbonyl (C=O) groups excluding carboxylic acids is 1. The average Bonchev–Trinajstić information content (AvgIpc) is 3.21. The molecule has 1 saturated carbocycles. The lowest BCUT2D eigenvalue weighted by atomic mass is 9.86. The molecule has 162 valence electrons. The van der Waals surface area contributed by atoms with Gasteiger partial charge in [-0.05, 0) is 44.6 Å². The fraction of sp³-hybridized carbons (Fsp3) is 0.636. The Labute approximate surface area is 191 Å². The van der Waals surface area contributed by atoms with Gasteiger partial charge in [-0.1, -0.05) is 30.3 Å². The summed E-state index contributed by atoms with van der Waals surface area (Å²) in [6.45, 7) is 3.95. The standard InChI is InChI=1S/C22H33N3O3.HI/c1-3-27-21(26)17-9-11-19(12-10-17)25-22(23-2)24-15-18-13-14-28-20(18)16-7-5-4-6-8-16;/h4-8,17-20H,3,9-15H2,1-2H3,(H2,23,24,25);1H. The van der Waals surface area contributed by atoms with Crippen LogP contribution in [-0.4, -0.2) is 44.8 Å². The summed E-state index contributed by atoms with van der Waals surface area (Å²) in [5.74, 6) is 1.27. The van der Waals surface area contributed by atoms with Crippen LogP contribution in [0.25, 0.3) is 0 Å². The number of rotatable bonds is 6. The first-order chi connectivity index (χ1) is 13.7. The maximum absolute atomic E-state index is 11.9. The topological polar surface area (TPSA) is 72.0 Å². The Hall–Kier alpha value is -1.35. The Bertz CT molecular complexity index is 648. The molecule has 1 heterocycles. The van der Waals surface area contributed by atoms with Crippen molar-refractivity contribution >= 4 is 35.9 Å². The van der Waals surface area contributed by atoms with E-state index in [0.717, 1.165) is 51.2 Å². The molecule has 3 rings (SSSR count). The maximum Gasteiger partial charge on any atom is 0.308 e. The van der Waals surface area contributed by atoms with E-state index in [0.29, 0.717) is 18.6 Å². The highest BCUT2D eigenvalue weighted by atomic mass is 127. The summed E-state index contributed by atoms with van der Waals surface area (Å²) in [4.78, 5) is 16.3. The van der Waals surface area contributed by atoms with E-state index in [1.54, 1.807) is 7.05 Å². The van der Waals surface area contributed by atoms with Crippen molar-refractivity contribution in [2.75, 3.05) is 26.8 Å². The second-order valence-electron chi connectivity index (χ2n) is 7.65. The monoisotopic (exact) mass is 515 g/mol. The summed E-state index contributed by atoms with van der Waals surface area (Å²) in [6, 6.07) is 10.8. The van der Waals surface area contributed by atoms with E-state index < -0.39 is 0 Å². The normalized spacial score (nSPS) is 27.0. The van der Waals surface area contributed by atoms with Gasteiger partial charge in [-0.15, -0.1) is 24.0 Å². The highest BCUT2D eigenvalue weighted by molar-refractivity contribution is 14.0. The molecule has 0 radical (unpaired) electrons. The van der Waals surface area contributed by atoms with E-state index in [9.17, 15) is 4.79 Å². The molecular formula is C22H34IN3O3. The van der Waals surface area contributed by atoms with E-state index >= 15 is 0 Å². The van der Waals surface area contributed by atoms with Gasteiger partial charge in [0, 0.05) is 32.2 Å². The molecule has 0 bridgehead atoms. The van der Waals surface area contributed by atoms with Gasteiger partial charge in [0.1, 0.15) is 0 Å². The third-order valence-corrected chi connectivity index (χ3v) is 5.79. The Morgan fingerprint density at radius 1 is 1.17 bits per heavy atom. The van der Waals surface area contributed by atoms with Crippen LogP contribution in [0.3, 0.4) is 0 Å². The number of halogens is 1. The summed E-state index contributed by atoms with van der Waals surface area (Å²) < 4.78 is 11.1. The van der Waals surface area contributed by atoms with E-state index in [1.807, 2.05) is 13.0 Å². The smallest absolute Gasteiger partial charge is 0.308 e. The first kappa shape index (κ1) is 23.9. The molecule has 2 fully saturated rings. The molecule has 0 aromatic heterocycles. The molecule has 1 aromatic rings. The number of ether oxygens (including phenoxy) is 2. The van der Waals surface area contributed by atoms with Crippen LogP contribution in [0.1, 0.15) is 50.7 Å². The zero-order chi connectivity index (χ0) is 19.8. The minimum absolute atomic E-state index is 0. The lowest BCUT2D eigenvalue weighted by molar-refractivity contribution is -0.149. The van der Waals surface area contributed by atoms with Crippen LogP contribution in [0.4, 0.5) is 0 Å². The quantitative estimate of drug-likeness (QED) is 0.262. The minimum Gasteiger partial charge on any atom is -0.466 e. The van der Waals surface area contributed by atoms with Crippen molar-refractivity contribution in [2.24, 2.45) is 16.8 Å². The number of aliphatic imine (C=N–C) groups is 1. The van der Waals surface area contributed by atoms with Gasteiger partial charge in [0.25, 0.3) is 0 Å². The highest BCUT2D eigenvalue weighted by Crippen LogP contribution is 2.33. The molecule has 1 aromatic carbocycles. The van der Waals surface area contributed by atoms with E-state index in [-0.39, 0.29) is 42.0 Å². The molecule has 0 amide bonds. The second-order valence-corrected chi connectivity index (χ2v) is 7.65. The van der Waals surface area contributed by atoms with Crippen molar-refractivity contribution in [3.05, 3.63) is 35.9 Å². The van der Waals surface area contributed by atoms with Gasteiger partial charge >= 0.3 is 5.97 Å². The number of carbonyl (C=O) groups is 1. The first-order valence-corrected chi connectivity index (χ1v) is 10.5. The minimum atomic E-state index is -0.0448. The zero-order valence-corrected chi connectivity index (χ0v) is 19.8. The van der Waals surface area contributed by atoms with Crippen LogP contribution in [0.15, 0.2) is 35.3 Å². The molecule has 6 nitrogen and oxygen atoms in total. The number of nitrogens with zero attached hydrogens (tertiary/aromatic N) is 1. The summed E-state index contributed by atoms with van der Waals surface area (Å²) in [7, 11) is 1.80. The number of hydrogen-bond acceptors (Lipinski definition) is 4. The van der Waals surface area contributed by atoms with Crippen molar-refractivity contribution in [1.29, 1.82) is 0 Å². The highest BCUT2D eigenvalue weighted by Gasteiger charge is 2.30. The van der Waals surface area contributed by atoms with E-state index in [4.69, 9.17) is 9.47 Å². The largest absolute Gasteiger partial charge is 0.466 e. The van der Waals surface area contributed by atoms with Gasteiger partial charge in [0.15, 0.2) is 5.96 Å². The maximum atomic E-state index is 11.9. The van der Waals surface area contributed by atoms with Gasteiger partial charge in [0.2, 0.25) is 0 Å². The predicted octanol–water partition coefficient (Wildman–Crippen LogP) is 3.67. The Kier molecular flexibility index (Phi) is 10.2. The molecule has 2 unspecified atom stereocenters. The van der Waals surface area contributed by atoms with Crippen molar-refractivity contribution in [3.8, 4) is 0 Å². The number of esters is 1. The molecule has 2 aliphatic rings. The molecule has 1 aliphatic heterocycles. The van der Waals surface area contributed by atoms with Crippen molar-refractivity contribution < 1.29 is 14.3 Å². The van der Waals surface area contributed by atoms with Crippen LogP contribution in [0.5, 0.6) is 0 Å². The third kappa shape index (κ3) is 6.84. The average molecular weight is 515 g/mol. The molecule has 7 heteroatoms. The third-order valence-electron chi connectivity index (χ3n) is 5.79. The van der Waals surface area contributed by atoms with Crippen LogP contribution in [-0.2, 0) is 14.3 Å². The molecule has 1 aliphatic carbocycles. The molecule has 1 saturated heterocycles. The van der Waals surface area contributed by atoms with Crippen LogP contribution < -0.4 is 10.6 Å². The lowest BCUT2D eigenvalue weighted by Crippen LogP contribution is -2.46. The zero-order valence-electron chi connectivity index (χ0n) is 17.4. The Balaban J connectivity index is 0.00000300. The molecule has 2 N–H and O–H groups in total. The molecule has 2 atom stereocenters. The van der Waals surface area contributed by atoms with E-state index in [2.05, 4.69) is 39.9 Å².